The molecule has 2 fully saturated rings. The van der Waals surface area contributed by atoms with Gasteiger partial charge < -0.3 is 4.52 Å². The zero-order valence-electron chi connectivity index (χ0n) is 15.8. The SMILES string of the molecule is Cc1noc(C)c1S(=O)(=O)N1CCC2(CCN(S(=O)(=O)c3cccs3)CC2)C1. The van der Waals surface area contributed by atoms with Crippen molar-refractivity contribution in [2.45, 2.75) is 42.2 Å². The smallest absolute Gasteiger partial charge is 0.252 e. The van der Waals surface area contributed by atoms with E-state index in [2.05, 4.69) is 5.16 Å². The van der Waals surface area contributed by atoms with Crippen LogP contribution in [0.5, 0.6) is 0 Å². The molecule has 2 saturated heterocycles. The Balaban J connectivity index is 1.48. The lowest BCUT2D eigenvalue weighted by atomic mass is 9.78. The zero-order chi connectivity index (χ0) is 20.2. The molecule has 0 unspecified atom stereocenters. The molecule has 0 atom stereocenters. The number of rotatable bonds is 4. The summed E-state index contributed by atoms with van der Waals surface area (Å²) >= 11 is 1.22. The van der Waals surface area contributed by atoms with E-state index in [1.807, 2.05) is 0 Å². The maximum atomic E-state index is 13.1. The van der Waals surface area contributed by atoms with Crippen LogP contribution < -0.4 is 0 Å². The highest BCUT2D eigenvalue weighted by atomic mass is 32.2. The van der Waals surface area contributed by atoms with Crippen LogP contribution in [0.25, 0.3) is 0 Å². The minimum absolute atomic E-state index is 0.155. The van der Waals surface area contributed by atoms with E-state index < -0.39 is 20.0 Å². The largest absolute Gasteiger partial charge is 0.360 e. The van der Waals surface area contributed by atoms with Crippen molar-refractivity contribution in [1.82, 2.24) is 13.8 Å². The third-order valence-electron chi connectivity index (χ3n) is 5.84. The fourth-order valence-electron chi connectivity index (χ4n) is 4.22. The number of hydrogen-bond donors (Lipinski definition) is 0. The van der Waals surface area contributed by atoms with Crippen LogP contribution >= 0.6 is 11.3 Å². The maximum absolute atomic E-state index is 13.1. The minimum Gasteiger partial charge on any atom is -0.360 e. The van der Waals surface area contributed by atoms with Gasteiger partial charge in [0.15, 0.2) is 5.76 Å². The number of nitrogens with zero attached hydrogens (tertiary/aromatic N) is 3. The van der Waals surface area contributed by atoms with Crippen LogP contribution in [-0.2, 0) is 20.0 Å². The third kappa shape index (κ3) is 3.22. The summed E-state index contributed by atoms with van der Waals surface area (Å²) in [5.74, 6) is 0.301. The molecular weight excluding hydrogens is 422 g/mol. The molecule has 1 spiro atoms. The maximum Gasteiger partial charge on any atom is 0.252 e. The summed E-state index contributed by atoms with van der Waals surface area (Å²) in [6.45, 7) is 4.91. The number of aromatic nitrogens is 1. The molecule has 2 aliphatic rings. The molecule has 28 heavy (non-hydrogen) atoms. The van der Waals surface area contributed by atoms with E-state index in [1.165, 1.54) is 19.9 Å². The number of sulfonamides is 2. The van der Waals surface area contributed by atoms with E-state index in [1.54, 1.807) is 31.4 Å². The van der Waals surface area contributed by atoms with Crippen molar-refractivity contribution in [2.24, 2.45) is 5.41 Å². The van der Waals surface area contributed by atoms with Gasteiger partial charge in [-0.3, -0.25) is 0 Å². The van der Waals surface area contributed by atoms with Gasteiger partial charge in [0.1, 0.15) is 14.8 Å². The van der Waals surface area contributed by atoms with Gasteiger partial charge >= 0.3 is 0 Å². The molecule has 2 aliphatic heterocycles. The lowest BCUT2D eigenvalue weighted by Crippen LogP contribution is -2.44. The predicted molar refractivity (Wildman–Crippen MR) is 104 cm³/mol. The summed E-state index contributed by atoms with van der Waals surface area (Å²) in [4.78, 5) is 0.155. The monoisotopic (exact) mass is 445 g/mol. The van der Waals surface area contributed by atoms with Crippen molar-refractivity contribution in [1.29, 1.82) is 0 Å². The van der Waals surface area contributed by atoms with E-state index in [0.717, 1.165) is 6.42 Å². The molecule has 0 bridgehead atoms. The van der Waals surface area contributed by atoms with E-state index in [0.29, 0.717) is 54.7 Å². The number of thiophene rings is 1. The lowest BCUT2D eigenvalue weighted by Gasteiger charge is -2.38. The van der Waals surface area contributed by atoms with Gasteiger partial charge in [-0.15, -0.1) is 11.3 Å². The summed E-state index contributed by atoms with van der Waals surface area (Å²) in [5, 5.41) is 5.52. The van der Waals surface area contributed by atoms with Crippen LogP contribution in [0.2, 0.25) is 0 Å². The van der Waals surface area contributed by atoms with Gasteiger partial charge in [0.25, 0.3) is 10.0 Å². The van der Waals surface area contributed by atoms with Crippen molar-refractivity contribution >= 4 is 31.4 Å². The van der Waals surface area contributed by atoms with E-state index >= 15 is 0 Å². The molecule has 4 heterocycles. The second-order valence-electron chi connectivity index (χ2n) is 7.58. The van der Waals surface area contributed by atoms with Crippen LogP contribution in [0.3, 0.4) is 0 Å². The van der Waals surface area contributed by atoms with Gasteiger partial charge in [0, 0.05) is 26.2 Å². The van der Waals surface area contributed by atoms with E-state index in [4.69, 9.17) is 4.52 Å². The minimum atomic E-state index is -3.66. The van der Waals surface area contributed by atoms with E-state index in [-0.39, 0.29) is 10.3 Å². The Labute approximate surface area is 169 Å². The van der Waals surface area contributed by atoms with Gasteiger partial charge in [-0.2, -0.15) is 8.61 Å². The second-order valence-corrected chi connectivity index (χ2v) is 12.6. The average Bonchev–Trinajstić information content (AvgIpc) is 3.37. The topological polar surface area (TPSA) is 101 Å². The number of piperidine rings is 1. The highest BCUT2D eigenvalue weighted by Crippen LogP contribution is 2.43. The quantitative estimate of drug-likeness (QED) is 0.715. The first-order valence-electron chi connectivity index (χ1n) is 9.12. The molecule has 0 N–H and O–H groups in total. The Morgan fingerprint density at radius 2 is 1.68 bits per heavy atom. The summed E-state index contributed by atoms with van der Waals surface area (Å²) < 4.78 is 60.0. The van der Waals surface area contributed by atoms with Crippen molar-refractivity contribution < 1.29 is 21.4 Å². The van der Waals surface area contributed by atoms with Crippen molar-refractivity contribution in [3.8, 4) is 0 Å². The first-order chi connectivity index (χ1) is 13.2. The molecule has 0 radical (unpaired) electrons. The van der Waals surface area contributed by atoms with Gasteiger partial charge in [0.2, 0.25) is 10.0 Å². The van der Waals surface area contributed by atoms with Gasteiger partial charge in [-0.25, -0.2) is 16.8 Å². The van der Waals surface area contributed by atoms with E-state index in [9.17, 15) is 16.8 Å². The summed E-state index contributed by atoms with van der Waals surface area (Å²) in [5.41, 5.74) is 0.198. The molecule has 4 rings (SSSR count). The van der Waals surface area contributed by atoms with Crippen molar-refractivity contribution in [2.75, 3.05) is 26.2 Å². The highest BCUT2D eigenvalue weighted by molar-refractivity contribution is 7.91. The number of hydrogen-bond acceptors (Lipinski definition) is 7. The molecule has 2 aromatic rings. The Hall–Kier alpha value is -1.27. The molecule has 0 amide bonds. The van der Waals surface area contributed by atoms with Crippen LogP contribution in [0.4, 0.5) is 0 Å². The second kappa shape index (κ2) is 6.91. The summed E-state index contributed by atoms with van der Waals surface area (Å²) in [7, 11) is -7.12. The molecule has 11 heteroatoms. The van der Waals surface area contributed by atoms with Gasteiger partial charge in [-0.05, 0) is 50.0 Å². The fraction of sp³-hybridized carbons (Fsp3) is 0.588. The van der Waals surface area contributed by atoms with Crippen LogP contribution in [-0.4, -0.2) is 56.8 Å². The molecule has 0 aromatic carbocycles. The fourth-order valence-corrected chi connectivity index (χ4v) is 8.65. The Morgan fingerprint density at radius 1 is 1.04 bits per heavy atom. The Kier molecular flexibility index (Phi) is 4.94. The zero-order valence-corrected chi connectivity index (χ0v) is 18.2. The molecule has 0 saturated carbocycles. The predicted octanol–water partition coefficient (Wildman–Crippen LogP) is 2.22. The summed E-state index contributed by atoms with van der Waals surface area (Å²) in [6.07, 6.45) is 2.05. The molecule has 8 nitrogen and oxygen atoms in total. The number of aryl methyl sites for hydroxylation is 2. The average molecular weight is 446 g/mol. The van der Waals surface area contributed by atoms with Gasteiger partial charge in [0.05, 0.1) is 0 Å². The van der Waals surface area contributed by atoms with Crippen LogP contribution in [0.15, 0.2) is 31.1 Å². The van der Waals surface area contributed by atoms with Crippen molar-refractivity contribution in [3.63, 3.8) is 0 Å². The van der Waals surface area contributed by atoms with Crippen molar-refractivity contribution in [3.05, 3.63) is 29.0 Å². The van der Waals surface area contributed by atoms with Crippen LogP contribution in [0.1, 0.15) is 30.7 Å². The normalized spacial score (nSPS) is 21.5. The first-order valence-corrected chi connectivity index (χ1v) is 12.9. The first kappa shape index (κ1) is 20.0. The van der Waals surface area contributed by atoms with Gasteiger partial charge in [-0.1, -0.05) is 11.2 Å². The van der Waals surface area contributed by atoms with Crippen LogP contribution in [0, 0.1) is 19.3 Å². The Bertz CT molecular complexity index is 1050. The summed E-state index contributed by atoms with van der Waals surface area (Å²) in [6, 6.07) is 3.36. The highest BCUT2D eigenvalue weighted by Gasteiger charge is 2.47. The third-order valence-corrected chi connectivity index (χ3v) is 11.2. The Morgan fingerprint density at radius 3 is 2.21 bits per heavy atom. The standard InChI is InChI=1S/C17H23N3O5S3/c1-13-16(14(2)25-18-13)28(23,24)20-10-7-17(12-20)5-8-19(9-6-17)27(21,22)15-4-3-11-26-15/h3-4,11H,5-10,12H2,1-2H3. The molecule has 0 aliphatic carbocycles. The molecule has 154 valence electrons. The lowest BCUT2D eigenvalue weighted by molar-refractivity contribution is 0.168. The molecule has 2 aromatic heterocycles. The molecular formula is C17H23N3O5S3.